The molecular weight excluding hydrogens is 266 g/mol. The first-order valence-corrected chi connectivity index (χ1v) is 8.23. The zero-order chi connectivity index (χ0) is 14.4. The number of anilines is 1. The minimum atomic E-state index is -0.120. The van der Waals surface area contributed by atoms with Gasteiger partial charge in [-0.05, 0) is 38.0 Å². The predicted octanol–water partition coefficient (Wildman–Crippen LogP) is 2.39. The number of nitrogens with zero attached hydrogens (tertiary/aromatic N) is 2. The summed E-state index contributed by atoms with van der Waals surface area (Å²) in [6.45, 7) is 3.58. The van der Waals surface area contributed by atoms with Gasteiger partial charge in [-0.2, -0.15) is 5.10 Å². The lowest BCUT2D eigenvalue weighted by Gasteiger charge is -2.23. The molecule has 0 saturated heterocycles. The predicted molar refractivity (Wildman–Crippen MR) is 79.0 cm³/mol. The van der Waals surface area contributed by atoms with Crippen LogP contribution in [-0.4, -0.2) is 28.9 Å². The van der Waals surface area contributed by atoms with Crippen LogP contribution in [0, 0.1) is 17.8 Å². The van der Waals surface area contributed by atoms with Gasteiger partial charge in [0.15, 0.2) is 0 Å². The van der Waals surface area contributed by atoms with Crippen LogP contribution in [-0.2, 0) is 16.1 Å². The number of carbonyl (C=O) groups is 1. The zero-order valence-electron chi connectivity index (χ0n) is 12.5. The van der Waals surface area contributed by atoms with E-state index in [9.17, 15) is 4.79 Å². The molecule has 2 bridgehead atoms. The summed E-state index contributed by atoms with van der Waals surface area (Å²) in [7, 11) is 0. The summed E-state index contributed by atoms with van der Waals surface area (Å²) < 4.78 is 7.09. The van der Waals surface area contributed by atoms with Gasteiger partial charge < -0.3 is 10.1 Å². The summed E-state index contributed by atoms with van der Waals surface area (Å²) in [4.78, 5) is 11.9. The number of rotatable bonds is 3. The summed E-state index contributed by atoms with van der Waals surface area (Å²) in [5.74, 6) is 3.24. The third kappa shape index (κ3) is 2.23. The Bertz CT molecular complexity index is 554. The van der Waals surface area contributed by atoms with Crippen LogP contribution < -0.4 is 5.32 Å². The summed E-state index contributed by atoms with van der Waals surface area (Å²) in [5.41, 5.74) is 1.23. The standard InChI is InChI=1S/C16H23N3O2/c1-2-21-16(20)12-8-17-15-7-14(18-19(15)9-12)13-6-10-3-4-11(13)5-10/h7,10-13,17H,2-6,8-9H2,1H3. The maximum absolute atomic E-state index is 11.9. The molecule has 5 heteroatoms. The van der Waals surface area contributed by atoms with E-state index in [0.29, 0.717) is 25.6 Å². The van der Waals surface area contributed by atoms with Crippen LogP contribution in [0.1, 0.15) is 44.2 Å². The van der Waals surface area contributed by atoms with Gasteiger partial charge in [0, 0.05) is 18.5 Å². The van der Waals surface area contributed by atoms with E-state index < -0.39 is 0 Å². The number of esters is 1. The Morgan fingerprint density at radius 3 is 3.10 bits per heavy atom. The highest BCUT2D eigenvalue weighted by molar-refractivity contribution is 5.73. The number of nitrogens with one attached hydrogen (secondary N) is 1. The van der Waals surface area contributed by atoms with Crippen LogP contribution in [0.15, 0.2) is 6.07 Å². The second kappa shape index (κ2) is 5.04. The van der Waals surface area contributed by atoms with E-state index in [1.165, 1.54) is 31.4 Å². The highest BCUT2D eigenvalue weighted by Gasteiger charge is 2.41. The molecule has 21 heavy (non-hydrogen) atoms. The molecule has 114 valence electrons. The second-order valence-electron chi connectivity index (χ2n) is 6.75. The van der Waals surface area contributed by atoms with Crippen molar-refractivity contribution in [1.29, 1.82) is 0 Å². The van der Waals surface area contributed by atoms with Crippen molar-refractivity contribution < 1.29 is 9.53 Å². The third-order valence-electron chi connectivity index (χ3n) is 5.46. The molecule has 0 amide bonds. The van der Waals surface area contributed by atoms with E-state index >= 15 is 0 Å². The maximum atomic E-state index is 11.9. The van der Waals surface area contributed by atoms with Crippen molar-refractivity contribution >= 4 is 11.8 Å². The average molecular weight is 289 g/mol. The minimum Gasteiger partial charge on any atom is -0.466 e. The van der Waals surface area contributed by atoms with Crippen molar-refractivity contribution in [2.45, 2.75) is 45.1 Å². The molecule has 1 aromatic rings. The topological polar surface area (TPSA) is 56.1 Å². The molecule has 2 heterocycles. The molecule has 0 aromatic carbocycles. The van der Waals surface area contributed by atoms with Crippen LogP contribution in [0.4, 0.5) is 5.82 Å². The van der Waals surface area contributed by atoms with Crippen molar-refractivity contribution in [3.8, 4) is 0 Å². The van der Waals surface area contributed by atoms with E-state index in [0.717, 1.165) is 17.7 Å². The Balaban J connectivity index is 1.50. The number of ether oxygens (including phenoxy) is 1. The quantitative estimate of drug-likeness (QED) is 0.868. The lowest BCUT2D eigenvalue weighted by atomic mass is 9.86. The van der Waals surface area contributed by atoms with Crippen molar-refractivity contribution in [3.05, 3.63) is 11.8 Å². The van der Waals surface area contributed by atoms with Gasteiger partial charge in [0.1, 0.15) is 5.82 Å². The Labute approximate surface area is 125 Å². The molecule has 4 atom stereocenters. The number of hydrogen-bond donors (Lipinski definition) is 1. The lowest BCUT2D eigenvalue weighted by molar-refractivity contribution is -0.148. The normalized spacial score (nSPS) is 33.6. The first-order valence-electron chi connectivity index (χ1n) is 8.23. The van der Waals surface area contributed by atoms with Crippen molar-refractivity contribution in [2.24, 2.45) is 17.8 Å². The molecule has 5 nitrogen and oxygen atoms in total. The number of hydrogen-bond acceptors (Lipinski definition) is 4. The Kier molecular flexibility index (Phi) is 3.16. The second-order valence-corrected chi connectivity index (χ2v) is 6.75. The highest BCUT2D eigenvalue weighted by Crippen LogP contribution is 2.52. The monoisotopic (exact) mass is 289 g/mol. The van der Waals surface area contributed by atoms with Gasteiger partial charge in [0.2, 0.25) is 0 Å². The van der Waals surface area contributed by atoms with Gasteiger partial charge in [-0.15, -0.1) is 0 Å². The van der Waals surface area contributed by atoms with Gasteiger partial charge >= 0.3 is 5.97 Å². The Hall–Kier alpha value is -1.52. The van der Waals surface area contributed by atoms with Gasteiger partial charge in [0.25, 0.3) is 0 Å². The molecule has 0 spiro atoms. The average Bonchev–Trinajstić information content (AvgIpc) is 3.20. The molecule has 2 saturated carbocycles. The summed E-state index contributed by atoms with van der Waals surface area (Å²) in [6, 6.07) is 2.20. The first-order chi connectivity index (χ1) is 10.2. The van der Waals surface area contributed by atoms with Crippen LogP contribution in [0.3, 0.4) is 0 Å². The largest absolute Gasteiger partial charge is 0.466 e. The minimum absolute atomic E-state index is 0.118. The number of fused-ring (bicyclic) bond motifs is 3. The van der Waals surface area contributed by atoms with Crippen LogP contribution in [0.2, 0.25) is 0 Å². The molecule has 1 aromatic heterocycles. The molecule has 4 rings (SSSR count). The van der Waals surface area contributed by atoms with E-state index in [4.69, 9.17) is 9.84 Å². The third-order valence-corrected chi connectivity index (χ3v) is 5.46. The highest BCUT2D eigenvalue weighted by atomic mass is 16.5. The van der Waals surface area contributed by atoms with Crippen LogP contribution >= 0.6 is 0 Å². The van der Waals surface area contributed by atoms with E-state index in [-0.39, 0.29) is 11.9 Å². The van der Waals surface area contributed by atoms with Crippen molar-refractivity contribution in [3.63, 3.8) is 0 Å². The molecule has 4 unspecified atom stereocenters. The molecule has 1 N–H and O–H groups in total. The van der Waals surface area contributed by atoms with Crippen LogP contribution in [0.5, 0.6) is 0 Å². The SMILES string of the molecule is CCOC(=O)C1CNc2cc(C3CC4CCC3C4)nn2C1. The molecule has 1 aliphatic heterocycles. The Morgan fingerprint density at radius 1 is 1.48 bits per heavy atom. The van der Waals surface area contributed by atoms with Crippen LogP contribution in [0.25, 0.3) is 0 Å². The van der Waals surface area contributed by atoms with Crippen molar-refractivity contribution in [2.75, 3.05) is 18.5 Å². The molecule has 2 fully saturated rings. The summed E-state index contributed by atoms with van der Waals surface area (Å²) in [5, 5.41) is 8.13. The van der Waals surface area contributed by atoms with Gasteiger partial charge in [-0.3, -0.25) is 4.79 Å². The zero-order valence-corrected chi connectivity index (χ0v) is 12.5. The molecular formula is C16H23N3O2. The molecule has 2 aliphatic carbocycles. The Morgan fingerprint density at radius 2 is 2.38 bits per heavy atom. The lowest BCUT2D eigenvalue weighted by Crippen LogP contribution is -2.34. The molecule has 3 aliphatic rings. The van der Waals surface area contributed by atoms with Gasteiger partial charge in [0.05, 0.1) is 24.8 Å². The maximum Gasteiger partial charge on any atom is 0.312 e. The number of aromatic nitrogens is 2. The molecule has 0 radical (unpaired) electrons. The van der Waals surface area contributed by atoms with Gasteiger partial charge in [-0.1, -0.05) is 6.42 Å². The first kappa shape index (κ1) is 13.2. The van der Waals surface area contributed by atoms with E-state index in [1.807, 2.05) is 11.6 Å². The smallest absolute Gasteiger partial charge is 0.312 e. The summed E-state index contributed by atoms with van der Waals surface area (Å²) >= 11 is 0. The fraction of sp³-hybridized carbons (Fsp3) is 0.750. The van der Waals surface area contributed by atoms with E-state index in [2.05, 4.69) is 11.4 Å². The van der Waals surface area contributed by atoms with E-state index in [1.54, 1.807) is 0 Å². The van der Waals surface area contributed by atoms with Crippen molar-refractivity contribution in [1.82, 2.24) is 9.78 Å². The van der Waals surface area contributed by atoms with Gasteiger partial charge in [-0.25, -0.2) is 4.68 Å². The fourth-order valence-electron chi connectivity index (χ4n) is 4.43. The fourth-order valence-corrected chi connectivity index (χ4v) is 4.43. The summed E-state index contributed by atoms with van der Waals surface area (Å²) in [6.07, 6.45) is 5.49. The number of carbonyl (C=O) groups excluding carboxylic acids is 1.